The van der Waals surface area contributed by atoms with Crippen LogP contribution in [0.4, 0.5) is 0 Å². The summed E-state index contributed by atoms with van der Waals surface area (Å²) in [5.41, 5.74) is 2.94. The van der Waals surface area contributed by atoms with Crippen molar-refractivity contribution in [3.8, 4) is 0 Å². The van der Waals surface area contributed by atoms with Crippen molar-refractivity contribution in [2.45, 2.75) is 25.9 Å². The van der Waals surface area contributed by atoms with Crippen molar-refractivity contribution in [1.82, 2.24) is 9.88 Å². The maximum atomic E-state index is 12.3. The molecule has 0 amide bonds. The summed E-state index contributed by atoms with van der Waals surface area (Å²) in [4.78, 5) is 18.4. The van der Waals surface area contributed by atoms with E-state index in [2.05, 4.69) is 17.6 Å². The van der Waals surface area contributed by atoms with E-state index in [4.69, 9.17) is 9.15 Å². The maximum Gasteiger partial charge on any atom is 0.329 e. The fourth-order valence-corrected chi connectivity index (χ4v) is 2.74. The second-order valence-electron chi connectivity index (χ2n) is 5.15. The summed E-state index contributed by atoms with van der Waals surface area (Å²) in [7, 11) is 0. The molecule has 0 spiro atoms. The quantitative estimate of drug-likeness (QED) is 0.812. The highest BCUT2D eigenvalue weighted by atomic mass is 16.5. The number of rotatable bonds is 4. The highest BCUT2D eigenvalue weighted by molar-refractivity contribution is 5.79. The van der Waals surface area contributed by atoms with Gasteiger partial charge in [0.05, 0.1) is 18.5 Å². The van der Waals surface area contributed by atoms with Crippen LogP contribution in [0, 0.1) is 0 Å². The van der Waals surface area contributed by atoms with Gasteiger partial charge in [-0.25, -0.2) is 9.78 Å². The molecule has 0 aliphatic carbocycles. The Hall–Kier alpha value is -2.56. The number of ether oxygens (including phenoxy) is 1. The first-order valence-corrected chi connectivity index (χ1v) is 7.29. The van der Waals surface area contributed by atoms with Crippen molar-refractivity contribution in [3.05, 3.63) is 60.3 Å². The lowest BCUT2D eigenvalue weighted by molar-refractivity contribution is -0.148. The average Bonchev–Trinajstić information content (AvgIpc) is 3.07. The summed E-state index contributed by atoms with van der Waals surface area (Å²) in [5, 5.41) is 0. The summed E-state index contributed by atoms with van der Waals surface area (Å²) in [6.07, 6.45) is 3.66. The molecule has 0 saturated carbocycles. The second kappa shape index (κ2) is 6.05. The first-order chi connectivity index (χ1) is 10.7. The highest BCUT2D eigenvalue weighted by Gasteiger charge is 2.34. The van der Waals surface area contributed by atoms with Crippen molar-refractivity contribution in [2.24, 2.45) is 0 Å². The second-order valence-corrected chi connectivity index (χ2v) is 5.15. The van der Waals surface area contributed by atoms with Crippen molar-refractivity contribution in [2.75, 3.05) is 6.61 Å². The molecule has 3 rings (SSSR count). The smallest absolute Gasteiger partial charge is 0.329 e. The number of carbonyl (C=O) groups excluding carboxylic acids is 1. The number of oxazole rings is 1. The van der Waals surface area contributed by atoms with E-state index in [0.29, 0.717) is 31.2 Å². The third kappa shape index (κ3) is 2.62. The van der Waals surface area contributed by atoms with E-state index in [1.165, 1.54) is 11.8 Å². The first kappa shape index (κ1) is 14.4. The molecule has 114 valence electrons. The Kier molecular flexibility index (Phi) is 3.96. The molecule has 5 nitrogen and oxygen atoms in total. The number of hydrogen-bond donors (Lipinski definition) is 0. The topological polar surface area (TPSA) is 55.6 Å². The Labute approximate surface area is 129 Å². The van der Waals surface area contributed by atoms with Crippen molar-refractivity contribution >= 4 is 11.7 Å². The van der Waals surface area contributed by atoms with Gasteiger partial charge in [0.1, 0.15) is 12.3 Å². The van der Waals surface area contributed by atoms with E-state index in [-0.39, 0.29) is 5.97 Å². The molecule has 5 heteroatoms. The molecule has 22 heavy (non-hydrogen) atoms. The summed E-state index contributed by atoms with van der Waals surface area (Å²) >= 11 is 0. The van der Waals surface area contributed by atoms with E-state index in [1.807, 2.05) is 30.0 Å². The van der Waals surface area contributed by atoms with Crippen LogP contribution in [-0.4, -0.2) is 28.5 Å². The molecular formula is C17H18N2O3. The van der Waals surface area contributed by atoms with Gasteiger partial charge < -0.3 is 14.1 Å². The van der Waals surface area contributed by atoms with E-state index in [0.717, 1.165) is 5.56 Å². The van der Waals surface area contributed by atoms with Crippen LogP contribution in [0.15, 0.2) is 47.7 Å². The van der Waals surface area contributed by atoms with Gasteiger partial charge in [-0.05, 0) is 18.1 Å². The Morgan fingerprint density at radius 3 is 2.91 bits per heavy atom. The minimum absolute atomic E-state index is 0.246. The predicted octanol–water partition coefficient (Wildman–Crippen LogP) is 2.64. The lowest BCUT2D eigenvalue weighted by Gasteiger charge is -2.37. The third-order valence-corrected chi connectivity index (χ3v) is 3.83. The predicted molar refractivity (Wildman–Crippen MR) is 81.6 cm³/mol. The molecule has 0 saturated heterocycles. The van der Waals surface area contributed by atoms with Gasteiger partial charge in [0.15, 0.2) is 0 Å². The van der Waals surface area contributed by atoms with E-state index in [1.54, 1.807) is 6.20 Å². The normalized spacial score (nSPS) is 17.0. The number of benzene rings is 1. The summed E-state index contributed by atoms with van der Waals surface area (Å²) in [6.45, 7) is 6.80. The number of hydrogen-bond acceptors (Lipinski definition) is 5. The zero-order chi connectivity index (χ0) is 15.5. The number of esters is 1. The molecule has 1 atom stereocenters. The first-order valence-electron chi connectivity index (χ1n) is 7.29. The van der Waals surface area contributed by atoms with Crippen LogP contribution < -0.4 is 0 Å². The van der Waals surface area contributed by atoms with Gasteiger partial charge in [0.2, 0.25) is 5.89 Å². The monoisotopic (exact) mass is 298 g/mol. The number of nitrogens with zero attached hydrogens (tertiary/aromatic N) is 2. The lowest BCUT2D eigenvalue weighted by atomic mass is 9.93. The molecule has 2 heterocycles. The fraction of sp³-hybridized carbons (Fsp3) is 0.294. The Balaban J connectivity index is 1.94. The van der Waals surface area contributed by atoms with Crippen LogP contribution in [0.2, 0.25) is 0 Å². The molecular weight excluding hydrogens is 280 g/mol. The minimum atomic E-state index is -0.408. The zero-order valence-corrected chi connectivity index (χ0v) is 12.5. The van der Waals surface area contributed by atoms with E-state index < -0.39 is 6.04 Å². The zero-order valence-electron chi connectivity index (χ0n) is 12.5. The van der Waals surface area contributed by atoms with Gasteiger partial charge >= 0.3 is 5.97 Å². The molecule has 1 unspecified atom stereocenters. The van der Waals surface area contributed by atoms with Crippen molar-refractivity contribution in [1.29, 1.82) is 0 Å². The van der Waals surface area contributed by atoms with Gasteiger partial charge in [0, 0.05) is 13.0 Å². The molecule has 1 aliphatic rings. The average molecular weight is 298 g/mol. The van der Waals surface area contributed by atoms with Crippen LogP contribution >= 0.6 is 0 Å². The summed E-state index contributed by atoms with van der Waals surface area (Å²) in [6, 6.07) is 7.68. The van der Waals surface area contributed by atoms with Gasteiger partial charge in [-0.15, -0.1) is 0 Å². The van der Waals surface area contributed by atoms with Gasteiger partial charge in [-0.3, -0.25) is 0 Å². The fourth-order valence-electron chi connectivity index (χ4n) is 2.74. The Morgan fingerprint density at radius 1 is 1.45 bits per heavy atom. The third-order valence-electron chi connectivity index (χ3n) is 3.83. The molecule has 0 fully saturated rings. The van der Waals surface area contributed by atoms with Gasteiger partial charge in [0.25, 0.3) is 0 Å². The minimum Gasteiger partial charge on any atom is -0.464 e. The Bertz CT molecular complexity index is 679. The SMILES string of the molecule is C=C(c1ncco1)N1Cc2ccccc2CC1C(=O)OCC. The molecule has 1 aromatic heterocycles. The number of aromatic nitrogens is 1. The molecule has 1 aliphatic heterocycles. The lowest BCUT2D eigenvalue weighted by Crippen LogP contribution is -2.45. The van der Waals surface area contributed by atoms with E-state index in [9.17, 15) is 4.79 Å². The number of fused-ring (bicyclic) bond motifs is 1. The highest BCUT2D eigenvalue weighted by Crippen LogP contribution is 2.30. The van der Waals surface area contributed by atoms with Gasteiger partial charge in [-0.1, -0.05) is 30.8 Å². The van der Waals surface area contributed by atoms with Crippen LogP contribution in [0.25, 0.3) is 5.70 Å². The van der Waals surface area contributed by atoms with Crippen LogP contribution in [0.3, 0.4) is 0 Å². The van der Waals surface area contributed by atoms with Crippen molar-refractivity contribution < 1.29 is 13.9 Å². The molecule has 2 aromatic rings. The molecule has 1 aromatic carbocycles. The summed E-state index contributed by atoms with van der Waals surface area (Å²) in [5.74, 6) is 0.179. The van der Waals surface area contributed by atoms with Crippen LogP contribution in [0.5, 0.6) is 0 Å². The van der Waals surface area contributed by atoms with Crippen molar-refractivity contribution in [3.63, 3.8) is 0 Å². The van der Waals surface area contributed by atoms with E-state index >= 15 is 0 Å². The standard InChI is InChI=1S/C17H18N2O3/c1-3-21-17(20)15-10-13-6-4-5-7-14(13)11-19(15)12(2)16-18-8-9-22-16/h4-9,15H,2-3,10-11H2,1H3. The van der Waals surface area contributed by atoms with Gasteiger partial charge in [-0.2, -0.15) is 0 Å². The van der Waals surface area contributed by atoms with Crippen LogP contribution in [0.1, 0.15) is 23.9 Å². The Morgan fingerprint density at radius 2 is 2.23 bits per heavy atom. The van der Waals surface area contributed by atoms with Crippen LogP contribution in [-0.2, 0) is 22.5 Å². The number of carbonyl (C=O) groups is 1. The molecule has 0 bridgehead atoms. The largest absolute Gasteiger partial charge is 0.464 e. The molecule has 0 radical (unpaired) electrons. The molecule has 0 N–H and O–H groups in total. The maximum absolute atomic E-state index is 12.3. The summed E-state index contributed by atoms with van der Waals surface area (Å²) < 4.78 is 10.5.